The number of nitrogens with zero attached hydrogens (tertiary/aromatic N) is 2. The second kappa shape index (κ2) is 11.6. The van der Waals surface area contributed by atoms with Crippen LogP contribution in [0.3, 0.4) is 0 Å². The molecule has 0 saturated carbocycles. The highest BCUT2D eigenvalue weighted by atomic mass is 16.5. The second-order valence-electron chi connectivity index (χ2n) is 8.30. The molecule has 2 aromatic rings. The van der Waals surface area contributed by atoms with Gasteiger partial charge in [0, 0.05) is 32.6 Å². The Labute approximate surface area is 191 Å². The lowest BCUT2D eigenvalue weighted by molar-refractivity contribution is -0.131. The van der Waals surface area contributed by atoms with Crippen LogP contribution in [0.1, 0.15) is 47.2 Å². The van der Waals surface area contributed by atoms with E-state index in [9.17, 15) is 9.59 Å². The standard InChI is InChI=1S/C26H34N2O4/c1-20-12-13-21(2)24(19-20)32-18-7-6-11-25(29)27-14-8-15-28(17-16-27)26(30)22-9-4-5-10-23(22)31-3/h4-5,9-10,12-13,19H,6-8,11,14-18H2,1-3H3. The number of benzene rings is 2. The number of carbonyl (C=O) groups is 2. The molecule has 3 rings (SSSR count). The summed E-state index contributed by atoms with van der Waals surface area (Å²) in [5.41, 5.74) is 2.88. The Balaban J connectivity index is 1.42. The summed E-state index contributed by atoms with van der Waals surface area (Å²) in [7, 11) is 1.57. The largest absolute Gasteiger partial charge is 0.496 e. The summed E-state index contributed by atoms with van der Waals surface area (Å²) < 4.78 is 11.2. The number of aryl methyl sites for hydroxylation is 2. The van der Waals surface area contributed by atoms with E-state index in [1.165, 1.54) is 5.56 Å². The molecule has 0 N–H and O–H groups in total. The number of methoxy groups -OCH3 is 1. The lowest BCUT2D eigenvalue weighted by Crippen LogP contribution is -2.37. The number of para-hydroxylation sites is 1. The van der Waals surface area contributed by atoms with Crippen molar-refractivity contribution < 1.29 is 19.1 Å². The van der Waals surface area contributed by atoms with Crippen LogP contribution in [0.5, 0.6) is 11.5 Å². The molecule has 1 aliphatic rings. The molecule has 6 heteroatoms. The van der Waals surface area contributed by atoms with Crippen molar-refractivity contribution >= 4 is 11.8 Å². The van der Waals surface area contributed by atoms with Crippen molar-refractivity contribution in [1.29, 1.82) is 0 Å². The topological polar surface area (TPSA) is 59.1 Å². The molecule has 1 aliphatic heterocycles. The van der Waals surface area contributed by atoms with Gasteiger partial charge in [0.15, 0.2) is 0 Å². The van der Waals surface area contributed by atoms with E-state index in [4.69, 9.17) is 9.47 Å². The maximum Gasteiger partial charge on any atom is 0.257 e. The number of unbranched alkanes of at least 4 members (excludes halogenated alkanes) is 1. The zero-order valence-corrected chi connectivity index (χ0v) is 19.4. The molecule has 0 aromatic heterocycles. The van der Waals surface area contributed by atoms with Crippen molar-refractivity contribution in [2.24, 2.45) is 0 Å². The van der Waals surface area contributed by atoms with Crippen molar-refractivity contribution in [2.75, 3.05) is 39.9 Å². The van der Waals surface area contributed by atoms with Gasteiger partial charge >= 0.3 is 0 Å². The first kappa shape index (κ1) is 23.6. The van der Waals surface area contributed by atoms with Crippen molar-refractivity contribution in [2.45, 2.75) is 39.5 Å². The predicted octanol–water partition coefficient (Wildman–Crippen LogP) is 4.24. The molecule has 1 heterocycles. The lowest BCUT2D eigenvalue weighted by atomic mass is 10.1. The Kier molecular flexibility index (Phi) is 8.54. The predicted molar refractivity (Wildman–Crippen MR) is 125 cm³/mol. The highest BCUT2D eigenvalue weighted by Gasteiger charge is 2.24. The van der Waals surface area contributed by atoms with Gasteiger partial charge in [0.05, 0.1) is 19.3 Å². The van der Waals surface area contributed by atoms with Gasteiger partial charge in [-0.2, -0.15) is 0 Å². The van der Waals surface area contributed by atoms with Gasteiger partial charge in [0.2, 0.25) is 5.91 Å². The fourth-order valence-electron chi connectivity index (χ4n) is 3.94. The fraction of sp³-hybridized carbons (Fsp3) is 0.462. The highest BCUT2D eigenvalue weighted by Crippen LogP contribution is 2.21. The Morgan fingerprint density at radius 3 is 2.47 bits per heavy atom. The molecule has 0 spiro atoms. The first-order chi connectivity index (χ1) is 15.5. The summed E-state index contributed by atoms with van der Waals surface area (Å²) in [4.78, 5) is 29.3. The maximum absolute atomic E-state index is 12.9. The molecule has 0 radical (unpaired) electrons. The van der Waals surface area contributed by atoms with E-state index in [1.807, 2.05) is 28.9 Å². The van der Waals surface area contributed by atoms with E-state index in [1.54, 1.807) is 19.2 Å². The summed E-state index contributed by atoms with van der Waals surface area (Å²) in [6.07, 6.45) is 2.93. The zero-order valence-electron chi connectivity index (χ0n) is 19.4. The smallest absolute Gasteiger partial charge is 0.257 e. The third-order valence-electron chi connectivity index (χ3n) is 5.86. The van der Waals surface area contributed by atoms with Gasteiger partial charge < -0.3 is 19.3 Å². The van der Waals surface area contributed by atoms with Gasteiger partial charge in [-0.25, -0.2) is 0 Å². The molecule has 0 atom stereocenters. The van der Waals surface area contributed by atoms with Gasteiger partial charge in [-0.05, 0) is 62.4 Å². The molecule has 6 nitrogen and oxygen atoms in total. The van der Waals surface area contributed by atoms with Crippen LogP contribution < -0.4 is 9.47 Å². The van der Waals surface area contributed by atoms with Gasteiger partial charge in [-0.15, -0.1) is 0 Å². The molecule has 1 saturated heterocycles. The summed E-state index contributed by atoms with van der Waals surface area (Å²) in [5, 5.41) is 0. The van der Waals surface area contributed by atoms with Gasteiger partial charge in [-0.3, -0.25) is 9.59 Å². The third kappa shape index (κ3) is 6.25. The minimum atomic E-state index is -0.0414. The van der Waals surface area contributed by atoms with E-state index in [0.717, 1.165) is 30.6 Å². The highest BCUT2D eigenvalue weighted by molar-refractivity contribution is 5.97. The van der Waals surface area contributed by atoms with Crippen molar-refractivity contribution in [3.8, 4) is 11.5 Å². The monoisotopic (exact) mass is 438 g/mol. The van der Waals surface area contributed by atoms with Crippen LogP contribution in [0, 0.1) is 13.8 Å². The van der Waals surface area contributed by atoms with Crippen molar-refractivity contribution in [3.63, 3.8) is 0 Å². The quantitative estimate of drug-likeness (QED) is 0.579. The van der Waals surface area contributed by atoms with E-state index < -0.39 is 0 Å². The van der Waals surface area contributed by atoms with E-state index in [0.29, 0.717) is 50.5 Å². The number of rotatable bonds is 8. The van der Waals surface area contributed by atoms with Crippen LogP contribution in [-0.4, -0.2) is 61.5 Å². The van der Waals surface area contributed by atoms with E-state index >= 15 is 0 Å². The van der Waals surface area contributed by atoms with Crippen LogP contribution in [-0.2, 0) is 4.79 Å². The van der Waals surface area contributed by atoms with Crippen LogP contribution in [0.25, 0.3) is 0 Å². The van der Waals surface area contributed by atoms with Gasteiger partial charge in [0.1, 0.15) is 11.5 Å². The normalized spacial score (nSPS) is 14.1. The van der Waals surface area contributed by atoms with Crippen LogP contribution >= 0.6 is 0 Å². The lowest BCUT2D eigenvalue weighted by Gasteiger charge is -2.23. The molecule has 32 heavy (non-hydrogen) atoms. The van der Waals surface area contributed by atoms with Crippen LogP contribution in [0.4, 0.5) is 0 Å². The van der Waals surface area contributed by atoms with E-state index in [-0.39, 0.29) is 11.8 Å². The molecule has 172 valence electrons. The molecular formula is C26H34N2O4. The minimum Gasteiger partial charge on any atom is -0.496 e. The Morgan fingerprint density at radius 1 is 0.906 bits per heavy atom. The fourth-order valence-corrected chi connectivity index (χ4v) is 3.94. The number of hydrogen-bond donors (Lipinski definition) is 0. The number of carbonyl (C=O) groups excluding carboxylic acids is 2. The SMILES string of the molecule is COc1ccccc1C(=O)N1CCCN(C(=O)CCCCOc2cc(C)ccc2C)CC1. The summed E-state index contributed by atoms with van der Waals surface area (Å²) >= 11 is 0. The average molecular weight is 439 g/mol. The van der Waals surface area contributed by atoms with Gasteiger partial charge in [0.25, 0.3) is 5.91 Å². The molecule has 2 aromatic carbocycles. The maximum atomic E-state index is 12.9. The molecule has 0 aliphatic carbocycles. The molecule has 2 amide bonds. The number of amides is 2. The summed E-state index contributed by atoms with van der Waals surface area (Å²) in [6, 6.07) is 13.5. The number of ether oxygens (including phenoxy) is 2. The van der Waals surface area contributed by atoms with Gasteiger partial charge in [-0.1, -0.05) is 24.3 Å². The zero-order chi connectivity index (χ0) is 22.9. The Bertz CT molecular complexity index is 928. The molecule has 1 fully saturated rings. The molecule has 0 bridgehead atoms. The first-order valence-corrected chi connectivity index (χ1v) is 11.4. The molecule has 0 unspecified atom stereocenters. The summed E-state index contributed by atoms with van der Waals surface area (Å²) in [6.45, 7) is 7.14. The van der Waals surface area contributed by atoms with E-state index in [2.05, 4.69) is 25.1 Å². The van der Waals surface area contributed by atoms with Crippen LogP contribution in [0.15, 0.2) is 42.5 Å². The number of hydrogen-bond acceptors (Lipinski definition) is 4. The Hall–Kier alpha value is -3.02. The van der Waals surface area contributed by atoms with Crippen LogP contribution in [0.2, 0.25) is 0 Å². The molecular weight excluding hydrogens is 404 g/mol. The summed E-state index contributed by atoms with van der Waals surface area (Å²) in [5.74, 6) is 1.62. The average Bonchev–Trinajstić information content (AvgIpc) is 3.07. The Morgan fingerprint density at radius 2 is 1.66 bits per heavy atom. The first-order valence-electron chi connectivity index (χ1n) is 11.4. The van der Waals surface area contributed by atoms with Crippen molar-refractivity contribution in [1.82, 2.24) is 9.80 Å². The minimum absolute atomic E-state index is 0.0414. The van der Waals surface area contributed by atoms with Crippen molar-refractivity contribution in [3.05, 3.63) is 59.2 Å². The third-order valence-corrected chi connectivity index (χ3v) is 5.86. The second-order valence-corrected chi connectivity index (χ2v) is 8.30.